The molecule has 0 saturated heterocycles. The van der Waals surface area contributed by atoms with Gasteiger partial charge in [0.15, 0.2) is 0 Å². The van der Waals surface area contributed by atoms with Crippen molar-refractivity contribution in [2.75, 3.05) is 6.61 Å². The highest BCUT2D eigenvalue weighted by atomic mass is 35.5. The lowest BCUT2D eigenvalue weighted by atomic mass is 10.1. The molecule has 0 aromatic rings. The van der Waals surface area contributed by atoms with Crippen LogP contribution in [0.15, 0.2) is 4.99 Å². The first-order valence-electron chi connectivity index (χ1n) is 3.96. The Hall–Kier alpha value is -0.240. The third-order valence-corrected chi connectivity index (χ3v) is 1.99. The van der Waals surface area contributed by atoms with Gasteiger partial charge in [-0.15, -0.1) is 11.6 Å². The number of nitrogens with zero attached hydrogens (tertiary/aromatic N) is 1. The smallest absolute Gasteiger partial charge is 0.202 e. The van der Waals surface area contributed by atoms with Gasteiger partial charge in [-0.1, -0.05) is 13.8 Å². The Kier molecular flexibility index (Phi) is 2.77. The predicted octanol–water partition coefficient (Wildman–Crippen LogP) is 2.07. The van der Waals surface area contributed by atoms with Gasteiger partial charge >= 0.3 is 0 Å². The number of hydrogen-bond donors (Lipinski definition) is 0. The van der Waals surface area contributed by atoms with Crippen molar-refractivity contribution >= 4 is 17.5 Å². The molecule has 0 N–H and O–H groups in total. The van der Waals surface area contributed by atoms with Gasteiger partial charge < -0.3 is 4.74 Å². The van der Waals surface area contributed by atoms with Crippen LogP contribution in [0.25, 0.3) is 0 Å². The van der Waals surface area contributed by atoms with Crippen molar-refractivity contribution in [2.24, 2.45) is 10.9 Å². The van der Waals surface area contributed by atoms with Crippen LogP contribution in [0, 0.1) is 5.92 Å². The van der Waals surface area contributed by atoms with Gasteiger partial charge in [-0.2, -0.15) is 0 Å². The number of alkyl halides is 1. The van der Waals surface area contributed by atoms with Crippen molar-refractivity contribution < 1.29 is 4.74 Å². The summed E-state index contributed by atoms with van der Waals surface area (Å²) < 4.78 is 5.31. The number of ether oxygens (including phenoxy) is 1. The number of rotatable bonds is 2. The van der Waals surface area contributed by atoms with Crippen LogP contribution in [0.1, 0.15) is 20.8 Å². The SMILES string of the molecule is CC(Cl)C1=N[C@@H](C(C)C)CO1. The predicted molar refractivity (Wildman–Crippen MR) is 47.3 cm³/mol. The average molecular weight is 176 g/mol. The van der Waals surface area contributed by atoms with Crippen molar-refractivity contribution in [3.8, 4) is 0 Å². The summed E-state index contributed by atoms with van der Waals surface area (Å²) in [5, 5.41) is -0.0845. The van der Waals surface area contributed by atoms with Crippen LogP contribution in [0.2, 0.25) is 0 Å². The monoisotopic (exact) mass is 175 g/mol. The zero-order valence-corrected chi connectivity index (χ0v) is 7.93. The lowest BCUT2D eigenvalue weighted by Gasteiger charge is -2.06. The zero-order valence-electron chi connectivity index (χ0n) is 7.17. The largest absolute Gasteiger partial charge is 0.478 e. The first-order valence-corrected chi connectivity index (χ1v) is 4.39. The number of halogens is 1. The highest BCUT2D eigenvalue weighted by Gasteiger charge is 2.23. The summed E-state index contributed by atoms with van der Waals surface area (Å²) in [7, 11) is 0. The van der Waals surface area contributed by atoms with E-state index in [1.54, 1.807) is 0 Å². The summed E-state index contributed by atoms with van der Waals surface area (Å²) in [6.07, 6.45) is 0. The van der Waals surface area contributed by atoms with E-state index in [1.807, 2.05) is 6.92 Å². The minimum Gasteiger partial charge on any atom is -0.478 e. The molecule has 0 fully saturated rings. The molecule has 1 unspecified atom stereocenters. The molecule has 0 amide bonds. The Balaban J connectivity index is 2.54. The minimum absolute atomic E-state index is 0.0845. The maximum absolute atomic E-state index is 5.80. The van der Waals surface area contributed by atoms with Gasteiger partial charge in [0.05, 0.1) is 6.04 Å². The van der Waals surface area contributed by atoms with E-state index < -0.39 is 0 Å². The molecular formula is C8H14ClNO. The second-order valence-electron chi connectivity index (χ2n) is 3.21. The Morgan fingerprint density at radius 2 is 2.18 bits per heavy atom. The van der Waals surface area contributed by atoms with Crippen molar-refractivity contribution in [3.63, 3.8) is 0 Å². The van der Waals surface area contributed by atoms with Crippen molar-refractivity contribution in [3.05, 3.63) is 0 Å². The van der Waals surface area contributed by atoms with E-state index in [0.29, 0.717) is 24.5 Å². The van der Waals surface area contributed by atoms with E-state index in [2.05, 4.69) is 18.8 Å². The van der Waals surface area contributed by atoms with E-state index >= 15 is 0 Å². The molecule has 64 valence electrons. The Labute approximate surface area is 72.6 Å². The van der Waals surface area contributed by atoms with Crippen LogP contribution >= 0.6 is 11.6 Å². The molecule has 0 saturated carbocycles. The molecule has 0 aromatic carbocycles. The molecule has 11 heavy (non-hydrogen) atoms. The van der Waals surface area contributed by atoms with Crippen LogP contribution in [0.5, 0.6) is 0 Å². The van der Waals surface area contributed by atoms with Crippen molar-refractivity contribution in [2.45, 2.75) is 32.2 Å². The zero-order chi connectivity index (χ0) is 8.43. The van der Waals surface area contributed by atoms with Crippen LogP contribution in [0.3, 0.4) is 0 Å². The second-order valence-corrected chi connectivity index (χ2v) is 3.86. The average Bonchev–Trinajstić information content (AvgIpc) is 2.33. The third kappa shape index (κ3) is 2.09. The quantitative estimate of drug-likeness (QED) is 0.589. The van der Waals surface area contributed by atoms with Crippen LogP contribution in [-0.4, -0.2) is 23.9 Å². The fraction of sp³-hybridized carbons (Fsp3) is 0.875. The summed E-state index contributed by atoms with van der Waals surface area (Å²) >= 11 is 5.80. The van der Waals surface area contributed by atoms with Gasteiger partial charge in [0, 0.05) is 0 Å². The van der Waals surface area contributed by atoms with Gasteiger partial charge in [0.25, 0.3) is 0 Å². The van der Waals surface area contributed by atoms with Gasteiger partial charge in [0.1, 0.15) is 12.0 Å². The van der Waals surface area contributed by atoms with Crippen LogP contribution in [0.4, 0.5) is 0 Å². The standard InChI is InChI=1S/C8H14ClNO/c1-5(2)7-4-11-8(10-7)6(3)9/h5-7H,4H2,1-3H3/t6?,7-/m1/s1. The molecule has 0 aliphatic carbocycles. The summed E-state index contributed by atoms with van der Waals surface area (Å²) in [4.78, 5) is 4.35. The Bertz CT molecular complexity index is 165. The summed E-state index contributed by atoms with van der Waals surface area (Å²) in [5.74, 6) is 1.24. The molecule has 1 aliphatic heterocycles. The van der Waals surface area contributed by atoms with E-state index in [4.69, 9.17) is 16.3 Å². The first-order chi connectivity index (χ1) is 5.11. The highest BCUT2D eigenvalue weighted by molar-refractivity contribution is 6.30. The number of aliphatic imine (C=N–C) groups is 1. The highest BCUT2D eigenvalue weighted by Crippen LogP contribution is 2.16. The van der Waals surface area contributed by atoms with Crippen molar-refractivity contribution in [1.82, 2.24) is 0 Å². The number of hydrogen-bond acceptors (Lipinski definition) is 2. The normalized spacial score (nSPS) is 26.6. The van der Waals surface area contributed by atoms with Crippen LogP contribution in [-0.2, 0) is 4.74 Å². The lowest BCUT2D eigenvalue weighted by molar-refractivity contribution is 0.287. The fourth-order valence-corrected chi connectivity index (χ4v) is 1.09. The van der Waals surface area contributed by atoms with E-state index in [9.17, 15) is 0 Å². The summed E-state index contributed by atoms with van der Waals surface area (Å²) in [6, 6.07) is 0.311. The molecule has 2 atom stereocenters. The van der Waals surface area contributed by atoms with Crippen molar-refractivity contribution in [1.29, 1.82) is 0 Å². The van der Waals surface area contributed by atoms with E-state index in [0.717, 1.165) is 0 Å². The van der Waals surface area contributed by atoms with Gasteiger partial charge in [-0.05, 0) is 12.8 Å². The molecule has 0 radical (unpaired) electrons. The second kappa shape index (κ2) is 3.44. The minimum atomic E-state index is -0.0845. The molecule has 0 bridgehead atoms. The molecule has 3 heteroatoms. The van der Waals surface area contributed by atoms with E-state index in [-0.39, 0.29) is 5.38 Å². The molecule has 0 spiro atoms. The fourth-order valence-electron chi connectivity index (χ4n) is 0.968. The summed E-state index contributed by atoms with van der Waals surface area (Å²) in [6.45, 7) is 6.85. The Morgan fingerprint density at radius 3 is 2.45 bits per heavy atom. The molecular weight excluding hydrogens is 162 g/mol. The van der Waals surface area contributed by atoms with Gasteiger partial charge in [-0.25, -0.2) is 4.99 Å². The molecule has 1 heterocycles. The molecule has 0 aromatic heterocycles. The molecule has 1 rings (SSSR count). The lowest BCUT2D eigenvalue weighted by Crippen LogP contribution is -2.13. The molecule has 2 nitrogen and oxygen atoms in total. The molecule has 1 aliphatic rings. The maximum Gasteiger partial charge on any atom is 0.202 e. The van der Waals surface area contributed by atoms with Crippen LogP contribution < -0.4 is 0 Å². The van der Waals surface area contributed by atoms with Gasteiger partial charge in [-0.3, -0.25) is 0 Å². The van der Waals surface area contributed by atoms with E-state index in [1.165, 1.54) is 0 Å². The van der Waals surface area contributed by atoms with Gasteiger partial charge in [0.2, 0.25) is 5.90 Å². The summed E-state index contributed by atoms with van der Waals surface area (Å²) in [5.41, 5.74) is 0. The third-order valence-electron chi connectivity index (χ3n) is 1.80. The topological polar surface area (TPSA) is 21.6 Å². The first kappa shape index (κ1) is 8.85. The maximum atomic E-state index is 5.80. The Morgan fingerprint density at radius 1 is 1.55 bits per heavy atom.